The Balaban J connectivity index is 1.95. The molecule has 0 bridgehead atoms. The van der Waals surface area contributed by atoms with Gasteiger partial charge in [-0.3, -0.25) is 9.59 Å². The molecule has 1 aromatic carbocycles. The summed E-state index contributed by atoms with van der Waals surface area (Å²) in [5.41, 5.74) is -0.243. The first-order valence-electron chi connectivity index (χ1n) is 11.9. The largest absolute Gasteiger partial charge is 0.466 e. The molecule has 0 amide bonds. The van der Waals surface area contributed by atoms with Crippen molar-refractivity contribution < 1.29 is 27.8 Å². The van der Waals surface area contributed by atoms with Gasteiger partial charge in [-0.05, 0) is 31.4 Å². The molecule has 0 aliphatic carbocycles. The molecule has 32 heavy (non-hydrogen) atoms. The van der Waals surface area contributed by atoms with E-state index in [4.69, 9.17) is 9.47 Å². The molecule has 0 aromatic heterocycles. The number of benzene rings is 1. The van der Waals surface area contributed by atoms with Crippen LogP contribution in [0.15, 0.2) is 16.6 Å². The van der Waals surface area contributed by atoms with Gasteiger partial charge >= 0.3 is 11.9 Å². The minimum atomic E-state index is -0.740. The highest BCUT2D eigenvalue weighted by atomic mass is 79.9. The summed E-state index contributed by atoms with van der Waals surface area (Å²) >= 11 is 3.01. The number of hydrogen-bond donors (Lipinski definition) is 0. The van der Waals surface area contributed by atoms with Crippen molar-refractivity contribution in [3.63, 3.8) is 0 Å². The van der Waals surface area contributed by atoms with Crippen molar-refractivity contribution in [1.82, 2.24) is 0 Å². The summed E-state index contributed by atoms with van der Waals surface area (Å²) in [5, 5.41) is 0. The molecule has 4 nitrogen and oxygen atoms in total. The third-order valence-corrected chi connectivity index (χ3v) is 5.71. The zero-order valence-electron chi connectivity index (χ0n) is 19.2. The SMILES string of the molecule is CCCCCCCCOC(=O)CCCCCCCCC(=O)OCc1c(F)cc(Br)cc1F. The molecule has 0 spiro atoms. The normalized spacial score (nSPS) is 10.9. The second-order valence-corrected chi connectivity index (χ2v) is 9.03. The fraction of sp³-hybridized carbons (Fsp3) is 0.680. The van der Waals surface area contributed by atoms with Crippen LogP contribution in [-0.2, 0) is 25.7 Å². The first-order chi connectivity index (χ1) is 15.4. The maximum atomic E-state index is 13.7. The van der Waals surface area contributed by atoms with E-state index >= 15 is 0 Å². The number of halogens is 3. The number of unbranched alkanes of at least 4 members (excludes halogenated alkanes) is 10. The first-order valence-corrected chi connectivity index (χ1v) is 12.7. The lowest BCUT2D eigenvalue weighted by Gasteiger charge is -2.08. The van der Waals surface area contributed by atoms with E-state index < -0.39 is 24.2 Å². The molecule has 7 heteroatoms. The summed E-state index contributed by atoms with van der Waals surface area (Å²) in [6.07, 6.45) is 13.0. The van der Waals surface area contributed by atoms with Crippen LogP contribution in [0.2, 0.25) is 0 Å². The number of rotatable bonds is 18. The van der Waals surface area contributed by atoms with E-state index in [1.54, 1.807) is 0 Å². The lowest BCUT2D eigenvalue weighted by molar-refractivity contribution is -0.145. The van der Waals surface area contributed by atoms with Crippen LogP contribution in [0.5, 0.6) is 0 Å². The Bertz CT molecular complexity index is 659. The quantitative estimate of drug-likeness (QED) is 0.147. The van der Waals surface area contributed by atoms with Crippen LogP contribution >= 0.6 is 15.9 Å². The van der Waals surface area contributed by atoms with E-state index in [1.807, 2.05) is 0 Å². The topological polar surface area (TPSA) is 52.6 Å². The van der Waals surface area contributed by atoms with Gasteiger partial charge in [-0.25, -0.2) is 8.78 Å². The maximum Gasteiger partial charge on any atom is 0.306 e. The Kier molecular flexibility index (Phi) is 16.0. The van der Waals surface area contributed by atoms with Crippen LogP contribution < -0.4 is 0 Å². The molecule has 0 N–H and O–H groups in total. The molecule has 1 aromatic rings. The molecule has 0 atom stereocenters. The predicted molar refractivity (Wildman–Crippen MR) is 125 cm³/mol. The molecule has 0 aliphatic heterocycles. The molecule has 0 saturated carbocycles. The van der Waals surface area contributed by atoms with Gasteiger partial charge in [0.2, 0.25) is 0 Å². The van der Waals surface area contributed by atoms with Gasteiger partial charge in [0.05, 0.1) is 12.2 Å². The van der Waals surface area contributed by atoms with Gasteiger partial charge in [-0.1, -0.05) is 80.6 Å². The summed E-state index contributed by atoms with van der Waals surface area (Å²) in [7, 11) is 0. The van der Waals surface area contributed by atoms with Crippen molar-refractivity contribution in [1.29, 1.82) is 0 Å². The van der Waals surface area contributed by atoms with Crippen LogP contribution in [0, 0.1) is 11.6 Å². The van der Waals surface area contributed by atoms with E-state index in [-0.39, 0.29) is 18.0 Å². The Labute approximate surface area is 199 Å². The Morgan fingerprint density at radius 2 is 1.22 bits per heavy atom. The van der Waals surface area contributed by atoms with Crippen molar-refractivity contribution in [2.75, 3.05) is 6.61 Å². The second-order valence-electron chi connectivity index (χ2n) is 8.12. The van der Waals surface area contributed by atoms with E-state index in [0.29, 0.717) is 23.9 Å². The fourth-order valence-corrected chi connectivity index (χ4v) is 3.72. The van der Waals surface area contributed by atoms with Crippen LogP contribution in [-0.4, -0.2) is 18.5 Å². The standard InChI is InChI=1S/C25H37BrF2O4/c1-2-3-4-5-10-13-16-31-24(29)14-11-8-6-7-9-12-15-25(30)32-19-21-22(27)17-20(26)18-23(21)28/h17-18H,2-16,19H2,1H3. The number of carbonyl (C=O) groups excluding carboxylic acids is 2. The van der Waals surface area contributed by atoms with Crippen LogP contribution in [0.3, 0.4) is 0 Å². The molecule has 0 aliphatic rings. The van der Waals surface area contributed by atoms with Crippen LogP contribution in [0.1, 0.15) is 102 Å². The monoisotopic (exact) mass is 518 g/mol. The van der Waals surface area contributed by atoms with Crippen molar-refractivity contribution in [3.05, 3.63) is 33.8 Å². The summed E-state index contributed by atoms with van der Waals surface area (Å²) in [5.74, 6) is -2.05. The number of hydrogen-bond acceptors (Lipinski definition) is 4. The lowest BCUT2D eigenvalue weighted by Crippen LogP contribution is -2.07. The second kappa shape index (κ2) is 18.0. The molecule has 0 unspecified atom stereocenters. The summed E-state index contributed by atoms with van der Waals surface area (Å²) in [6, 6.07) is 2.28. The molecule has 0 fully saturated rings. The first kappa shape index (κ1) is 28.5. The summed E-state index contributed by atoms with van der Waals surface area (Å²) in [6.45, 7) is 2.32. The highest BCUT2D eigenvalue weighted by molar-refractivity contribution is 9.10. The maximum absolute atomic E-state index is 13.7. The zero-order chi connectivity index (χ0) is 23.6. The highest BCUT2D eigenvalue weighted by Gasteiger charge is 2.13. The third kappa shape index (κ3) is 13.8. The van der Waals surface area contributed by atoms with Gasteiger partial charge < -0.3 is 9.47 Å². The zero-order valence-corrected chi connectivity index (χ0v) is 20.8. The summed E-state index contributed by atoms with van der Waals surface area (Å²) < 4.78 is 37.9. The predicted octanol–water partition coefficient (Wildman–Crippen LogP) is 7.80. The van der Waals surface area contributed by atoms with E-state index in [0.717, 1.165) is 57.1 Å². The van der Waals surface area contributed by atoms with Gasteiger partial charge in [0.15, 0.2) is 0 Å². The smallest absolute Gasteiger partial charge is 0.306 e. The fourth-order valence-electron chi connectivity index (χ4n) is 3.32. The van der Waals surface area contributed by atoms with E-state index in [2.05, 4.69) is 22.9 Å². The lowest BCUT2D eigenvalue weighted by atomic mass is 10.1. The van der Waals surface area contributed by atoms with Crippen molar-refractivity contribution in [3.8, 4) is 0 Å². The molecule has 0 radical (unpaired) electrons. The average molecular weight is 519 g/mol. The molecule has 0 saturated heterocycles. The van der Waals surface area contributed by atoms with Gasteiger partial charge in [-0.2, -0.15) is 0 Å². The van der Waals surface area contributed by atoms with Gasteiger partial charge in [0.25, 0.3) is 0 Å². The van der Waals surface area contributed by atoms with E-state index in [1.165, 1.54) is 25.7 Å². The highest BCUT2D eigenvalue weighted by Crippen LogP contribution is 2.20. The van der Waals surface area contributed by atoms with Crippen LogP contribution in [0.4, 0.5) is 8.78 Å². The van der Waals surface area contributed by atoms with E-state index in [9.17, 15) is 18.4 Å². The molecule has 0 heterocycles. The van der Waals surface area contributed by atoms with Crippen molar-refractivity contribution in [2.45, 2.75) is 103 Å². The average Bonchev–Trinajstić information content (AvgIpc) is 2.74. The third-order valence-electron chi connectivity index (χ3n) is 5.26. The van der Waals surface area contributed by atoms with Gasteiger partial charge in [-0.15, -0.1) is 0 Å². The Morgan fingerprint density at radius 3 is 1.78 bits per heavy atom. The summed E-state index contributed by atoms with van der Waals surface area (Å²) in [4.78, 5) is 23.5. The van der Waals surface area contributed by atoms with Crippen LogP contribution in [0.25, 0.3) is 0 Å². The number of esters is 2. The Morgan fingerprint density at radius 1 is 0.750 bits per heavy atom. The minimum Gasteiger partial charge on any atom is -0.466 e. The molecular formula is C25H37BrF2O4. The Hall–Kier alpha value is -1.50. The molecular weight excluding hydrogens is 482 g/mol. The minimum absolute atomic E-state index is 0.111. The number of ether oxygens (including phenoxy) is 2. The van der Waals surface area contributed by atoms with Gasteiger partial charge in [0.1, 0.15) is 18.2 Å². The van der Waals surface area contributed by atoms with Crippen molar-refractivity contribution >= 4 is 27.9 Å². The number of carbonyl (C=O) groups is 2. The van der Waals surface area contributed by atoms with Gasteiger partial charge in [0, 0.05) is 17.3 Å². The van der Waals surface area contributed by atoms with Crippen molar-refractivity contribution in [2.24, 2.45) is 0 Å². The molecule has 1 rings (SSSR count). The molecule has 182 valence electrons.